The molecule has 1 aromatic heterocycles. The van der Waals surface area contributed by atoms with Crippen molar-refractivity contribution in [2.75, 3.05) is 24.7 Å². The van der Waals surface area contributed by atoms with E-state index in [-0.39, 0.29) is 29.6 Å². The molecule has 128 valence electrons. The van der Waals surface area contributed by atoms with Gasteiger partial charge in [-0.2, -0.15) is 0 Å². The third-order valence-electron chi connectivity index (χ3n) is 3.05. The molecule has 10 heteroatoms. The smallest absolute Gasteiger partial charge is 0.310 e. The van der Waals surface area contributed by atoms with Crippen LogP contribution in [0.2, 0.25) is 0 Å². The molecule has 0 aliphatic heterocycles. The Hall–Kier alpha value is -2.46. The Labute approximate surface area is 142 Å². The average Bonchev–Trinajstić information content (AvgIpc) is 3.04. The van der Waals surface area contributed by atoms with Gasteiger partial charge in [-0.15, -0.1) is 11.3 Å². The highest BCUT2D eigenvalue weighted by molar-refractivity contribution is 7.90. The number of nitrogens with one attached hydrogen (secondary N) is 2. The van der Waals surface area contributed by atoms with Crippen molar-refractivity contribution in [1.29, 1.82) is 0 Å². The van der Waals surface area contributed by atoms with Crippen LogP contribution in [0, 0.1) is 10.1 Å². The minimum Gasteiger partial charge on any atom is -0.378 e. The Kier molecular flexibility index (Phi) is 5.52. The molecule has 8 nitrogen and oxygen atoms in total. The number of carbonyl (C=O) groups excluding carboxylic acids is 1. The van der Waals surface area contributed by atoms with E-state index < -0.39 is 20.4 Å². The van der Waals surface area contributed by atoms with E-state index in [1.807, 2.05) is 0 Å². The number of nitro groups is 1. The number of sulfone groups is 1. The van der Waals surface area contributed by atoms with Crippen molar-refractivity contribution in [3.05, 3.63) is 50.7 Å². The second-order valence-electron chi connectivity index (χ2n) is 4.84. The lowest BCUT2D eigenvalue weighted by Gasteiger charge is -2.10. The summed E-state index contributed by atoms with van der Waals surface area (Å²) >= 11 is 1.31. The van der Waals surface area contributed by atoms with E-state index in [0.717, 1.165) is 6.26 Å². The first-order valence-electron chi connectivity index (χ1n) is 6.83. The third-order valence-corrected chi connectivity index (χ3v) is 5.05. The molecule has 2 N–H and O–H groups in total. The van der Waals surface area contributed by atoms with Crippen LogP contribution in [-0.2, 0) is 9.84 Å². The van der Waals surface area contributed by atoms with Gasteiger partial charge in [-0.1, -0.05) is 12.1 Å². The molecular formula is C14H15N3O5S2. The molecule has 0 fully saturated rings. The van der Waals surface area contributed by atoms with Gasteiger partial charge in [-0.3, -0.25) is 14.9 Å². The van der Waals surface area contributed by atoms with Crippen molar-refractivity contribution in [2.24, 2.45) is 0 Å². The monoisotopic (exact) mass is 369 g/mol. The summed E-state index contributed by atoms with van der Waals surface area (Å²) in [6.07, 6.45) is 0.917. The minimum absolute atomic E-state index is 0.0910. The van der Waals surface area contributed by atoms with Gasteiger partial charge in [-0.25, -0.2) is 8.42 Å². The molecule has 0 aliphatic carbocycles. The van der Waals surface area contributed by atoms with E-state index in [2.05, 4.69) is 10.6 Å². The number of hydrogen-bond acceptors (Lipinski definition) is 7. The average molecular weight is 369 g/mol. The van der Waals surface area contributed by atoms with Gasteiger partial charge in [-0.05, 0) is 23.6 Å². The Morgan fingerprint density at radius 2 is 2.00 bits per heavy atom. The molecule has 1 amide bonds. The molecule has 0 aliphatic rings. The quantitative estimate of drug-likeness (QED) is 0.437. The van der Waals surface area contributed by atoms with E-state index in [1.54, 1.807) is 17.5 Å². The first kappa shape index (κ1) is 17.9. The van der Waals surface area contributed by atoms with Gasteiger partial charge in [0.15, 0.2) is 9.84 Å². The summed E-state index contributed by atoms with van der Waals surface area (Å²) in [5, 5.41) is 18.5. The zero-order valence-corrected chi connectivity index (χ0v) is 14.3. The SMILES string of the molecule is CS(=O)(=O)c1cccc(NCCNC(=O)c2cccs2)c1[N+](=O)[O-]. The van der Waals surface area contributed by atoms with Crippen LogP contribution in [0.1, 0.15) is 9.67 Å². The number of para-hydroxylation sites is 1. The van der Waals surface area contributed by atoms with Crippen LogP contribution in [-0.4, -0.2) is 38.6 Å². The molecule has 1 aromatic carbocycles. The molecule has 0 spiro atoms. The van der Waals surface area contributed by atoms with E-state index >= 15 is 0 Å². The number of thiophene rings is 1. The number of nitro benzene ring substituents is 1. The maximum atomic E-state index is 11.8. The van der Waals surface area contributed by atoms with E-state index in [9.17, 15) is 23.3 Å². The second-order valence-corrected chi connectivity index (χ2v) is 7.77. The number of nitrogens with zero attached hydrogens (tertiary/aromatic N) is 1. The fourth-order valence-corrected chi connectivity index (χ4v) is 3.52. The summed E-state index contributed by atoms with van der Waals surface area (Å²) in [4.78, 5) is 22.5. The fourth-order valence-electron chi connectivity index (χ4n) is 2.02. The van der Waals surface area contributed by atoms with Gasteiger partial charge in [0.1, 0.15) is 10.6 Å². The van der Waals surface area contributed by atoms with Crippen molar-refractivity contribution in [3.63, 3.8) is 0 Å². The highest BCUT2D eigenvalue weighted by Crippen LogP contribution is 2.31. The van der Waals surface area contributed by atoms with Gasteiger partial charge in [0.2, 0.25) is 0 Å². The molecule has 0 atom stereocenters. The van der Waals surface area contributed by atoms with Crippen LogP contribution < -0.4 is 10.6 Å². The summed E-state index contributed by atoms with van der Waals surface area (Å²) in [7, 11) is -3.72. The normalized spacial score (nSPS) is 11.0. The summed E-state index contributed by atoms with van der Waals surface area (Å²) in [5.74, 6) is -0.230. The fraction of sp³-hybridized carbons (Fsp3) is 0.214. The summed E-state index contributed by atoms with van der Waals surface area (Å²) in [5.41, 5.74) is -0.405. The van der Waals surface area contributed by atoms with Crippen molar-refractivity contribution in [1.82, 2.24) is 5.32 Å². The Bertz CT molecular complexity index is 847. The van der Waals surface area contributed by atoms with Crippen LogP contribution in [0.25, 0.3) is 0 Å². The Morgan fingerprint density at radius 1 is 1.25 bits per heavy atom. The molecule has 24 heavy (non-hydrogen) atoms. The van der Waals surface area contributed by atoms with E-state index in [1.165, 1.54) is 29.5 Å². The molecular weight excluding hydrogens is 354 g/mol. The first-order chi connectivity index (χ1) is 11.3. The van der Waals surface area contributed by atoms with Crippen LogP contribution in [0.5, 0.6) is 0 Å². The lowest BCUT2D eigenvalue weighted by atomic mass is 10.2. The highest BCUT2D eigenvalue weighted by atomic mass is 32.2. The van der Waals surface area contributed by atoms with Gasteiger partial charge in [0.05, 0.1) is 9.80 Å². The molecule has 0 unspecified atom stereocenters. The summed E-state index contributed by atoms with van der Waals surface area (Å²) in [6.45, 7) is 0.447. The number of anilines is 1. The van der Waals surface area contributed by atoms with Gasteiger partial charge in [0, 0.05) is 19.3 Å². The summed E-state index contributed by atoms with van der Waals surface area (Å²) < 4.78 is 23.3. The van der Waals surface area contributed by atoms with Crippen molar-refractivity contribution in [3.8, 4) is 0 Å². The predicted octanol–water partition coefficient (Wildman–Crippen LogP) is 1.90. The lowest BCUT2D eigenvalue weighted by Crippen LogP contribution is -2.28. The standard InChI is InChI=1S/C14H15N3O5S2/c1-24(21,22)12-6-2-4-10(13(12)17(19)20)15-7-8-16-14(18)11-5-3-9-23-11/h2-6,9,15H,7-8H2,1H3,(H,16,18). The van der Waals surface area contributed by atoms with Crippen molar-refractivity contribution < 1.29 is 18.1 Å². The zero-order chi connectivity index (χ0) is 17.7. The van der Waals surface area contributed by atoms with Crippen LogP contribution in [0.15, 0.2) is 40.6 Å². The summed E-state index contributed by atoms with van der Waals surface area (Å²) in [6, 6.07) is 7.49. The highest BCUT2D eigenvalue weighted by Gasteiger charge is 2.25. The molecule has 0 radical (unpaired) electrons. The zero-order valence-electron chi connectivity index (χ0n) is 12.7. The number of carbonyl (C=O) groups is 1. The third kappa shape index (κ3) is 4.30. The van der Waals surface area contributed by atoms with E-state index in [4.69, 9.17) is 0 Å². The maximum Gasteiger partial charge on any atom is 0.310 e. The number of rotatable bonds is 7. The van der Waals surface area contributed by atoms with Crippen LogP contribution in [0.3, 0.4) is 0 Å². The minimum atomic E-state index is -3.72. The van der Waals surface area contributed by atoms with Gasteiger partial charge in [0.25, 0.3) is 5.91 Å². The molecule has 0 saturated carbocycles. The topological polar surface area (TPSA) is 118 Å². The molecule has 1 heterocycles. The van der Waals surface area contributed by atoms with Crippen LogP contribution in [0.4, 0.5) is 11.4 Å². The molecule has 2 aromatic rings. The number of amides is 1. The van der Waals surface area contributed by atoms with Crippen molar-refractivity contribution >= 4 is 38.5 Å². The molecule has 2 rings (SSSR count). The lowest BCUT2D eigenvalue weighted by molar-refractivity contribution is -0.386. The predicted molar refractivity (Wildman–Crippen MR) is 91.3 cm³/mol. The number of benzene rings is 1. The first-order valence-corrected chi connectivity index (χ1v) is 9.61. The second kappa shape index (κ2) is 7.41. The van der Waals surface area contributed by atoms with E-state index in [0.29, 0.717) is 4.88 Å². The molecule has 0 saturated heterocycles. The Morgan fingerprint density at radius 3 is 2.58 bits per heavy atom. The maximum absolute atomic E-state index is 11.8. The van der Waals surface area contributed by atoms with Crippen molar-refractivity contribution in [2.45, 2.75) is 4.90 Å². The molecule has 0 bridgehead atoms. The van der Waals surface area contributed by atoms with Gasteiger partial charge < -0.3 is 10.6 Å². The van der Waals surface area contributed by atoms with Crippen LogP contribution >= 0.6 is 11.3 Å². The largest absolute Gasteiger partial charge is 0.378 e. The van der Waals surface area contributed by atoms with Gasteiger partial charge >= 0.3 is 5.69 Å². The number of hydrogen-bond donors (Lipinski definition) is 2. The Balaban J connectivity index is 2.05.